The van der Waals surface area contributed by atoms with Crippen molar-refractivity contribution in [3.05, 3.63) is 59.9 Å². The van der Waals surface area contributed by atoms with E-state index in [1.807, 2.05) is 18.2 Å². The lowest BCUT2D eigenvalue weighted by Gasteiger charge is -2.31. The van der Waals surface area contributed by atoms with Crippen LogP contribution < -0.4 is 10.6 Å². The third kappa shape index (κ3) is 4.98. The highest BCUT2D eigenvalue weighted by Gasteiger charge is 2.31. The first-order valence-corrected chi connectivity index (χ1v) is 12.4. The lowest BCUT2D eigenvalue weighted by molar-refractivity contribution is -0.114. The zero-order valence-corrected chi connectivity index (χ0v) is 19.9. The summed E-state index contributed by atoms with van der Waals surface area (Å²) in [6, 6.07) is 13.3. The van der Waals surface area contributed by atoms with Crippen LogP contribution in [0.15, 0.2) is 57.8 Å². The SMILES string of the molecule is COCc1c(C(=O)NC2CCN(S(=O)(=O)c3ccc(NC(C)=O)cc3)CC2)oc2ccccc12. The normalized spacial score (nSPS) is 15.4. The summed E-state index contributed by atoms with van der Waals surface area (Å²) in [4.78, 5) is 24.3. The van der Waals surface area contributed by atoms with Gasteiger partial charge in [0.1, 0.15) is 5.58 Å². The molecule has 34 heavy (non-hydrogen) atoms. The number of para-hydroxylation sites is 1. The highest BCUT2D eigenvalue weighted by atomic mass is 32.2. The molecule has 0 spiro atoms. The molecule has 4 rings (SSSR count). The van der Waals surface area contributed by atoms with Crippen LogP contribution in [0.25, 0.3) is 11.0 Å². The number of carbonyl (C=O) groups is 2. The van der Waals surface area contributed by atoms with Gasteiger partial charge in [-0.15, -0.1) is 0 Å². The topological polar surface area (TPSA) is 118 Å². The predicted molar refractivity (Wildman–Crippen MR) is 127 cm³/mol. The fraction of sp³-hybridized carbons (Fsp3) is 0.333. The number of rotatable bonds is 7. The number of hydrogen-bond acceptors (Lipinski definition) is 6. The van der Waals surface area contributed by atoms with Gasteiger partial charge in [-0.2, -0.15) is 4.31 Å². The predicted octanol–water partition coefficient (Wildman–Crippen LogP) is 3.12. The van der Waals surface area contributed by atoms with Gasteiger partial charge in [0.15, 0.2) is 5.76 Å². The van der Waals surface area contributed by atoms with Gasteiger partial charge < -0.3 is 19.8 Å². The molecule has 2 heterocycles. The first-order chi connectivity index (χ1) is 16.3. The van der Waals surface area contributed by atoms with Crippen LogP contribution in [0.3, 0.4) is 0 Å². The average molecular weight is 486 g/mol. The van der Waals surface area contributed by atoms with Crippen molar-refractivity contribution in [3.8, 4) is 0 Å². The van der Waals surface area contributed by atoms with E-state index >= 15 is 0 Å². The number of ether oxygens (including phenoxy) is 1. The fourth-order valence-electron chi connectivity index (χ4n) is 4.12. The standard InChI is InChI=1S/C24H27N3O6S/c1-16(28)25-17-7-9-19(10-8-17)34(30,31)27-13-11-18(12-14-27)26-24(29)23-21(15-32-2)20-5-3-4-6-22(20)33-23/h3-10,18H,11-15H2,1-2H3,(H,25,28)(H,26,29). The van der Waals surface area contributed by atoms with Crippen molar-refractivity contribution < 1.29 is 27.2 Å². The Balaban J connectivity index is 1.40. The van der Waals surface area contributed by atoms with Crippen LogP contribution in [0, 0.1) is 0 Å². The molecule has 0 aliphatic carbocycles. The molecule has 1 saturated heterocycles. The maximum absolute atomic E-state index is 13.0. The Bertz CT molecular complexity index is 1290. The van der Waals surface area contributed by atoms with E-state index in [0.29, 0.717) is 29.7 Å². The third-order valence-electron chi connectivity index (χ3n) is 5.79. The second-order valence-electron chi connectivity index (χ2n) is 8.20. The van der Waals surface area contributed by atoms with Crippen LogP contribution in [0.4, 0.5) is 5.69 Å². The number of benzene rings is 2. The van der Waals surface area contributed by atoms with Crippen molar-refractivity contribution in [3.63, 3.8) is 0 Å². The number of fused-ring (bicyclic) bond motifs is 1. The number of hydrogen-bond donors (Lipinski definition) is 2. The minimum absolute atomic E-state index is 0.163. The van der Waals surface area contributed by atoms with Gasteiger partial charge in [0.05, 0.1) is 11.5 Å². The van der Waals surface area contributed by atoms with E-state index in [1.54, 1.807) is 25.3 Å². The maximum atomic E-state index is 13.0. The van der Waals surface area contributed by atoms with Crippen molar-refractivity contribution in [2.45, 2.75) is 37.3 Å². The Labute approximate surface area is 198 Å². The Kier molecular flexibility index (Phi) is 7.01. The average Bonchev–Trinajstić information content (AvgIpc) is 3.18. The van der Waals surface area contributed by atoms with Gasteiger partial charge in [-0.05, 0) is 43.2 Å². The second-order valence-corrected chi connectivity index (χ2v) is 10.1. The van der Waals surface area contributed by atoms with E-state index < -0.39 is 10.0 Å². The summed E-state index contributed by atoms with van der Waals surface area (Å²) in [6.07, 6.45) is 0.962. The molecule has 2 N–H and O–H groups in total. The van der Waals surface area contributed by atoms with Crippen molar-refractivity contribution in [1.82, 2.24) is 9.62 Å². The second kappa shape index (κ2) is 9.96. The number of nitrogens with one attached hydrogen (secondary N) is 2. The minimum Gasteiger partial charge on any atom is -0.451 e. The van der Waals surface area contributed by atoms with E-state index in [2.05, 4.69) is 10.6 Å². The van der Waals surface area contributed by atoms with Gasteiger partial charge >= 0.3 is 0 Å². The first kappa shape index (κ1) is 23.9. The van der Waals surface area contributed by atoms with Crippen molar-refractivity contribution in [2.24, 2.45) is 0 Å². The molecule has 3 aromatic rings. The number of amides is 2. The molecule has 0 atom stereocenters. The van der Waals surface area contributed by atoms with E-state index in [1.165, 1.54) is 23.4 Å². The molecule has 1 aromatic heterocycles. The van der Waals surface area contributed by atoms with Gasteiger partial charge in [0.2, 0.25) is 15.9 Å². The number of methoxy groups -OCH3 is 1. The largest absolute Gasteiger partial charge is 0.451 e. The molecule has 2 aromatic carbocycles. The van der Waals surface area contributed by atoms with Crippen LogP contribution in [0.5, 0.6) is 0 Å². The summed E-state index contributed by atoms with van der Waals surface area (Å²) in [5.41, 5.74) is 1.84. The Morgan fingerprint density at radius 2 is 1.76 bits per heavy atom. The van der Waals surface area contributed by atoms with Gasteiger partial charge in [-0.25, -0.2) is 8.42 Å². The van der Waals surface area contributed by atoms with Crippen LogP contribution in [-0.4, -0.2) is 50.8 Å². The summed E-state index contributed by atoms with van der Waals surface area (Å²) < 4.78 is 38.5. The monoisotopic (exact) mass is 485 g/mol. The van der Waals surface area contributed by atoms with Crippen LogP contribution in [0.1, 0.15) is 35.9 Å². The summed E-state index contributed by atoms with van der Waals surface area (Å²) in [5, 5.41) is 6.43. The zero-order chi connectivity index (χ0) is 24.3. The Hall–Kier alpha value is -3.21. The number of carbonyl (C=O) groups excluding carboxylic acids is 2. The van der Waals surface area contributed by atoms with Crippen LogP contribution in [0.2, 0.25) is 0 Å². The van der Waals surface area contributed by atoms with Crippen LogP contribution >= 0.6 is 0 Å². The van der Waals surface area contributed by atoms with Crippen molar-refractivity contribution >= 4 is 38.5 Å². The molecule has 1 aliphatic rings. The minimum atomic E-state index is -3.67. The molecular weight excluding hydrogens is 458 g/mol. The number of anilines is 1. The summed E-state index contributed by atoms with van der Waals surface area (Å²) in [6.45, 7) is 2.20. The highest BCUT2D eigenvalue weighted by molar-refractivity contribution is 7.89. The summed E-state index contributed by atoms with van der Waals surface area (Å²) >= 11 is 0. The summed E-state index contributed by atoms with van der Waals surface area (Å²) in [5.74, 6) is -0.341. The molecule has 0 saturated carbocycles. The molecule has 1 fully saturated rings. The van der Waals surface area contributed by atoms with E-state index in [-0.39, 0.29) is 48.2 Å². The molecule has 9 nitrogen and oxygen atoms in total. The first-order valence-electron chi connectivity index (χ1n) is 11.0. The lowest BCUT2D eigenvalue weighted by atomic mass is 10.1. The molecule has 1 aliphatic heterocycles. The molecule has 0 bridgehead atoms. The van der Waals surface area contributed by atoms with Gasteiger partial charge in [0, 0.05) is 49.8 Å². The molecule has 2 amide bonds. The molecule has 0 radical (unpaired) electrons. The lowest BCUT2D eigenvalue weighted by Crippen LogP contribution is -2.46. The molecular formula is C24H27N3O6S. The Morgan fingerprint density at radius 3 is 2.41 bits per heavy atom. The molecule has 0 unspecified atom stereocenters. The third-order valence-corrected chi connectivity index (χ3v) is 7.71. The van der Waals surface area contributed by atoms with Gasteiger partial charge in [-0.1, -0.05) is 18.2 Å². The highest BCUT2D eigenvalue weighted by Crippen LogP contribution is 2.27. The maximum Gasteiger partial charge on any atom is 0.287 e. The number of furan rings is 1. The van der Waals surface area contributed by atoms with E-state index in [4.69, 9.17) is 9.15 Å². The number of piperidine rings is 1. The number of sulfonamides is 1. The summed E-state index contributed by atoms with van der Waals surface area (Å²) in [7, 11) is -2.11. The van der Waals surface area contributed by atoms with E-state index in [9.17, 15) is 18.0 Å². The Morgan fingerprint density at radius 1 is 1.09 bits per heavy atom. The van der Waals surface area contributed by atoms with Gasteiger partial charge in [0.25, 0.3) is 5.91 Å². The van der Waals surface area contributed by atoms with Crippen LogP contribution in [-0.2, 0) is 26.2 Å². The smallest absolute Gasteiger partial charge is 0.287 e. The number of nitrogens with zero attached hydrogens (tertiary/aromatic N) is 1. The van der Waals surface area contributed by atoms with Crippen molar-refractivity contribution in [1.29, 1.82) is 0 Å². The van der Waals surface area contributed by atoms with Gasteiger partial charge in [-0.3, -0.25) is 9.59 Å². The molecule has 180 valence electrons. The van der Waals surface area contributed by atoms with E-state index in [0.717, 1.165) is 5.39 Å². The quantitative estimate of drug-likeness (QED) is 0.531. The van der Waals surface area contributed by atoms with Crippen molar-refractivity contribution in [2.75, 3.05) is 25.5 Å². The molecule has 10 heteroatoms. The zero-order valence-electron chi connectivity index (χ0n) is 19.0. The fourth-order valence-corrected chi connectivity index (χ4v) is 5.59.